The van der Waals surface area contributed by atoms with Crippen molar-refractivity contribution in [3.63, 3.8) is 0 Å². The van der Waals surface area contributed by atoms with Crippen LogP contribution in [-0.4, -0.2) is 46.5 Å². The highest BCUT2D eigenvalue weighted by Gasteiger charge is 2.22. The lowest BCUT2D eigenvalue weighted by Crippen LogP contribution is -2.41. The minimum absolute atomic E-state index is 0.0808. The van der Waals surface area contributed by atoms with E-state index in [1.54, 1.807) is 12.4 Å². The van der Waals surface area contributed by atoms with Crippen LogP contribution < -0.4 is 10.9 Å². The van der Waals surface area contributed by atoms with E-state index in [1.165, 1.54) is 4.57 Å². The third-order valence-corrected chi connectivity index (χ3v) is 4.95. The van der Waals surface area contributed by atoms with Gasteiger partial charge in [-0.1, -0.05) is 19.1 Å². The number of fused-ring (bicyclic) bond motifs is 1. The van der Waals surface area contributed by atoms with Gasteiger partial charge in [0.25, 0.3) is 5.56 Å². The number of carbonyl (C=O) groups excluding carboxylic acids is 1. The Morgan fingerprint density at radius 2 is 2.04 bits per heavy atom. The van der Waals surface area contributed by atoms with Gasteiger partial charge in [-0.2, -0.15) is 0 Å². The summed E-state index contributed by atoms with van der Waals surface area (Å²) in [4.78, 5) is 31.1. The maximum atomic E-state index is 12.5. The molecule has 1 saturated heterocycles. The topological polar surface area (TPSA) is 67.2 Å². The Morgan fingerprint density at radius 1 is 1.28 bits per heavy atom. The van der Waals surface area contributed by atoms with Crippen LogP contribution in [0.5, 0.6) is 0 Å². The molecule has 1 amide bonds. The van der Waals surface area contributed by atoms with Crippen LogP contribution >= 0.6 is 0 Å². The molecule has 0 saturated carbocycles. The van der Waals surface area contributed by atoms with Crippen molar-refractivity contribution in [3.05, 3.63) is 40.9 Å². The molecule has 3 rings (SSSR count). The second-order valence-corrected chi connectivity index (χ2v) is 6.64. The summed E-state index contributed by atoms with van der Waals surface area (Å²) in [5.41, 5.74) is 0.612. The van der Waals surface area contributed by atoms with E-state index in [1.807, 2.05) is 23.1 Å². The van der Waals surface area contributed by atoms with Gasteiger partial charge in [-0.3, -0.25) is 14.2 Å². The van der Waals surface area contributed by atoms with Crippen LogP contribution in [0, 0.1) is 5.92 Å². The summed E-state index contributed by atoms with van der Waals surface area (Å²) >= 11 is 0. The molecule has 2 heterocycles. The van der Waals surface area contributed by atoms with Crippen LogP contribution in [0.25, 0.3) is 10.9 Å². The molecule has 6 heteroatoms. The molecule has 25 heavy (non-hydrogen) atoms. The zero-order chi connectivity index (χ0) is 17.6. The minimum atomic E-state index is -0.0808. The smallest absolute Gasteiger partial charge is 0.261 e. The van der Waals surface area contributed by atoms with Crippen molar-refractivity contribution in [2.45, 2.75) is 32.7 Å². The van der Waals surface area contributed by atoms with E-state index in [2.05, 4.69) is 17.2 Å². The Hall–Kier alpha value is -2.21. The summed E-state index contributed by atoms with van der Waals surface area (Å²) in [7, 11) is 0. The average molecular weight is 342 g/mol. The monoisotopic (exact) mass is 342 g/mol. The third kappa shape index (κ3) is 4.25. The van der Waals surface area contributed by atoms with Crippen LogP contribution in [0.4, 0.5) is 0 Å². The maximum absolute atomic E-state index is 12.5. The van der Waals surface area contributed by atoms with E-state index in [0.717, 1.165) is 39.0 Å². The van der Waals surface area contributed by atoms with Crippen LogP contribution in [0.2, 0.25) is 0 Å². The number of hydrogen-bond acceptors (Lipinski definition) is 4. The van der Waals surface area contributed by atoms with Crippen molar-refractivity contribution in [2.75, 3.05) is 26.2 Å². The maximum Gasteiger partial charge on any atom is 0.261 e. The van der Waals surface area contributed by atoms with Gasteiger partial charge in [-0.05, 0) is 44.0 Å². The molecule has 1 aliphatic rings. The zero-order valence-corrected chi connectivity index (χ0v) is 14.8. The number of aryl methyl sites for hydroxylation is 1. The lowest BCUT2D eigenvalue weighted by Gasteiger charge is -2.32. The van der Waals surface area contributed by atoms with Gasteiger partial charge in [0, 0.05) is 26.1 Å². The summed E-state index contributed by atoms with van der Waals surface area (Å²) in [6.07, 6.45) is 3.99. The number of carbonyl (C=O) groups is 1. The Kier molecular flexibility index (Phi) is 5.81. The van der Waals surface area contributed by atoms with Crippen molar-refractivity contribution in [1.82, 2.24) is 19.8 Å². The first kappa shape index (κ1) is 17.6. The number of nitrogens with zero attached hydrogens (tertiary/aromatic N) is 3. The number of aromatic nitrogens is 2. The molecule has 1 N–H and O–H groups in total. The van der Waals surface area contributed by atoms with Gasteiger partial charge in [0.05, 0.1) is 17.2 Å². The van der Waals surface area contributed by atoms with E-state index in [0.29, 0.717) is 29.8 Å². The highest BCUT2D eigenvalue weighted by molar-refractivity contribution is 5.77. The average Bonchev–Trinajstić information content (AvgIpc) is 2.66. The molecule has 0 radical (unpaired) electrons. The summed E-state index contributed by atoms with van der Waals surface area (Å²) in [5, 5.41) is 3.98. The first-order valence-corrected chi connectivity index (χ1v) is 9.11. The summed E-state index contributed by atoms with van der Waals surface area (Å²) in [6.45, 7) is 6.17. The highest BCUT2D eigenvalue weighted by atomic mass is 16.2. The van der Waals surface area contributed by atoms with Gasteiger partial charge in [0.1, 0.15) is 0 Å². The number of piperidine rings is 1. The molecule has 1 aliphatic heterocycles. The number of hydrogen-bond donors (Lipinski definition) is 1. The van der Waals surface area contributed by atoms with E-state index in [9.17, 15) is 9.59 Å². The molecule has 2 aromatic rings. The van der Waals surface area contributed by atoms with Crippen molar-refractivity contribution in [1.29, 1.82) is 0 Å². The fourth-order valence-electron chi connectivity index (χ4n) is 3.37. The molecular formula is C19H26N4O2. The Labute approximate surface area is 147 Å². The SMILES string of the molecule is CCNCC1CCN(C(=O)CCn2cnc3ccccc3c2=O)CC1. The van der Waals surface area contributed by atoms with Crippen molar-refractivity contribution >= 4 is 16.8 Å². The van der Waals surface area contributed by atoms with E-state index >= 15 is 0 Å². The zero-order valence-electron chi connectivity index (χ0n) is 14.8. The Bertz CT molecular complexity index is 778. The first-order valence-electron chi connectivity index (χ1n) is 9.11. The van der Waals surface area contributed by atoms with Crippen LogP contribution in [0.15, 0.2) is 35.4 Å². The fourth-order valence-corrected chi connectivity index (χ4v) is 3.37. The standard InChI is InChI=1S/C19H26N4O2/c1-2-20-13-15-7-10-22(11-8-15)18(24)9-12-23-14-21-17-6-4-3-5-16(17)19(23)25/h3-6,14-15,20H,2,7-13H2,1H3. The lowest BCUT2D eigenvalue weighted by molar-refractivity contribution is -0.132. The molecule has 6 nitrogen and oxygen atoms in total. The molecule has 0 bridgehead atoms. The third-order valence-electron chi connectivity index (χ3n) is 4.95. The van der Waals surface area contributed by atoms with Gasteiger partial charge in [-0.25, -0.2) is 4.98 Å². The normalized spacial score (nSPS) is 15.6. The molecule has 134 valence electrons. The predicted molar refractivity (Wildman–Crippen MR) is 98.5 cm³/mol. The number of rotatable bonds is 6. The molecule has 0 atom stereocenters. The van der Waals surface area contributed by atoms with Gasteiger partial charge < -0.3 is 10.2 Å². The number of benzene rings is 1. The lowest BCUT2D eigenvalue weighted by atomic mass is 9.96. The van der Waals surface area contributed by atoms with Gasteiger partial charge in [-0.15, -0.1) is 0 Å². The molecule has 0 spiro atoms. The van der Waals surface area contributed by atoms with E-state index in [4.69, 9.17) is 0 Å². The van der Waals surface area contributed by atoms with Gasteiger partial charge in [0.15, 0.2) is 0 Å². The second-order valence-electron chi connectivity index (χ2n) is 6.64. The molecule has 0 aliphatic carbocycles. The van der Waals surface area contributed by atoms with Gasteiger partial charge in [0.2, 0.25) is 5.91 Å². The van der Waals surface area contributed by atoms with Crippen molar-refractivity contribution in [3.8, 4) is 0 Å². The summed E-state index contributed by atoms with van der Waals surface area (Å²) in [6, 6.07) is 7.29. The number of amides is 1. The summed E-state index contributed by atoms with van der Waals surface area (Å²) < 4.78 is 1.54. The summed E-state index contributed by atoms with van der Waals surface area (Å²) in [5.74, 6) is 0.790. The van der Waals surface area contributed by atoms with Crippen LogP contribution in [0.1, 0.15) is 26.2 Å². The molecular weight excluding hydrogens is 316 g/mol. The number of nitrogens with one attached hydrogen (secondary N) is 1. The molecule has 1 aromatic carbocycles. The van der Waals surface area contributed by atoms with E-state index in [-0.39, 0.29) is 11.5 Å². The first-order chi connectivity index (χ1) is 12.2. The number of para-hydroxylation sites is 1. The fraction of sp³-hybridized carbons (Fsp3) is 0.526. The van der Waals surface area contributed by atoms with Crippen molar-refractivity contribution < 1.29 is 4.79 Å². The largest absolute Gasteiger partial charge is 0.343 e. The van der Waals surface area contributed by atoms with E-state index < -0.39 is 0 Å². The predicted octanol–water partition coefficient (Wildman–Crippen LogP) is 1.63. The Morgan fingerprint density at radius 3 is 2.80 bits per heavy atom. The Balaban J connectivity index is 1.55. The van der Waals surface area contributed by atoms with Crippen LogP contribution in [-0.2, 0) is 11.3 Å². The highest BCUT2D eigenvalue weighted by Crippen LogP contribution is 2.17. The van der Waals surface area contributed by atoms with Gasteiger partial charge >= 0.3 is 0 Å². The molecule has 1 aromatic heterocycles. The number of likely N-dealkylation sites (tertiary alicyclic amines) is 1. The second kappa shape index (κ2) is 8.25. The minimum Gasteiger partial charge on any atom is -0.343 e. The van der Waals surface area contributed by atoms with Crippen molar-refractivity contribution in [2.24, 2.45) is 5.92 Å². The quantitative estimate of drug-likeness (QED) is 0.866. The molecule has 0 unspecified atom stereocenters. The molecule has 1 fully saturated rings. The van der Waals surface area contributed by atoms with Crippen LogP contribution in [0.3, 0.4) is 0 Å².